The van der Waals surface area contributed by atoms with Crippen molar-refractivity contribution in [3.8, 4) is 0 Å². The number of ether oxygens (including phenoxy) is 1. The highest BCUT2D eigenvalue weighted by Gasteiger charge is 2.39. The fourth-order valence-corrected chi connectivity index (χ4v) is 4.27. The highest BCUT2D eigenvalue weighted by molar-refractivity contribution is 5.91. The van der Waals surface area contributed by atoms with E-state index in [1.807, 2.05) is 60.7 Å². The number of carbonyl (C=O) groups excluding carboxylic acids is 3. The second-order valence-electron chi connectivity index (χ2n) is 10.3. The molecule has 3 amide bonds. The predicted molar refractivity (Wildman–Crippen MR) is 137 cm³/mol. The molecule has 1 aliphatic rings. The van der Waals surface area contributed by atoms with Gasteiger partial charge in [-0.15, -0.1) is 0 Å². The Balaban J connectivity index is 1.79. The zero-order chi connectivity index (χ0) is 26.3. The lowest BCUT2D eigenvalue weighted by atomic mass is 9.98. The summed E-state index contributed by atoms with van der Waals surface area (Å²) < 4.78 is 5.48. The fraction of sp³-hybridized carbons (Fsp3) is 0.464. The van der Waals surface area contributed by atoms with Gasteiger partial charge in [-0.05, 0) is 44.7 Å². The van der Waals surface area contributed by atoms with Crippen molar-refractivity contribution in [2.45, 2.75) is 70.4 Å². The maximum Gasteiger partial charge on any atom is 0.411 e. The summed E-state index contributed by atoms with van der Waals surface area (Å²) in [7, 11) is 1.71. The van der Waals surface area contributed by atoms with E-state index in [9.17, 15) is 19.5 Å². The molecule has 0 aliphatic carbocycles. The quantitative estimate of drug-likeness (QED) is 0.615. The van der Waals surface area contributed by atoms with E-state index in [4.69, 9.17) is 4.74 Å². The summed E-state index contributed by atoms with van der Waals surface area (Å²) in [5.41, 5.74) is 1.15. The van der Waals surface area contributed by atoms with E-state index in [1.54, 1.807) is 32.7 Å². The molecule has 3 atom stereocenters. The third kappa shape index (κ3) is 7.81. The van der Waals surface area contributed by atoms with Crippen molar-refractivity contribution in [2.75, 3.05) is 13.6 Å². The Morgan fingerprint density at radius 2 is 1.61 bits per heavy atom. The van der Waals surface area contributed by atoms with Gasteiger partial charge in [-0.2, -0.15) is 0 Å². The summed E-state index contributed by atoms with van der Waals surface area (Å²) >= 11 is 0. The molecule has 194 valence electrons. The molecule has 1 aliphatic heterocycles. The van der Waals surface area contributed by atoms with E-state index in [0.717, 1.165) is 11.1 Å². The highest BCUT2D eigenvalue weighted by Crippen LogP contribution is 2.22. The second-order valence-corrected chi connectivity index (χ2v) is 10.3. The van der Waals surface area contributed by atoms with Gasteiger partial charge in [-0.1, -0.05) is 60.7 Å². The molecule has 0 saturated carbocycles. The van der Waals surface area contributed by atoms with Gasteiger partial charge in [0.05, 0.1) is 12.6 Å². The van der Waals surface area contributed by atoms with Crippen LogP contribution in [0.25, 0.3) is 0 Å². The zero-order valence-corrected chi connectivity index (χ0v) is 21.5. The van der Waals surface area contributed by atoms with E-state index < -0.39 is 35.8 Å². The number of hydrogen-bond donors (Lipinski definition) is 2. The van der Waals surface area contributed by atoms with Gasteiger partial charge in [-0.25, -0.2) is 4.79 Å². The zero-order valence-electron chi connectivity index (χ0n) is 21.5. The van der Waals surface area contributed by atoms with Gasteiger partial charge in [0.15, 0.2) is 0 Å². The van der Waals surface area contributed by atoms with E-state index in [2.05, 4.69) is 5.32 Å². The van der Waals surface area contributed by atoms with Gasteiger partial charge in [0.25, 0.3) is 0 Å². The molecular weight excluding hydrogens is 458 g/mol. The molecular formula is C28H37N3O5. The number of aliphatic hydroxyl groups excluding tert-OH is 1. The van der Waals surface area contributed by atoms with Crippen LogP contribution in [0.1, 0.15) is 44.7 Å². The summed E-state index contributed by atoms with van der Waals surface area (Å²) in [4.78, 5) is 42.7. The number of carbonyl (C=O) groups is 3. The van der Waals surface area contributed by atoms with Crippen molar-refractivity contribution in [1.29, 1.82) is 0 Å². The molecule has 0 unspecified atom stereocenters. The van der Waals surface area contributed by atoms with Crippen LogP contribution in [0.15, 0.2) is 60.7 Å². The van der Waals surface area contributed by atoms with Crippen LogP contribution in [0.3, 0.4) is 0 Å². The number of β-amino-alcohol motifs (C(OH)–C–C–N with tert-alkyl or cyclic N) is 1. The Kier molecular flexibility index (Phi) is 9.09. The van der Waals surface area contributed by atoms with Crippen molar-refractivity contribution in [2.24, 2.45) is 0 Å². The summed E-state index contributed by atoms with van der Waals surface area (Å²) in [6.45, 7) is 5.64. The van der Waals surface area contributed by atoms with Crippen LogP contribution in [-0.4, -0.2) is 70.2 Å². The smallest absolute Gasteiger partial charge is 0.411 e. The molecule has 8 heteroatoms. The maximum atomic E-state index is 13.5. The lowest BCUT2D eigenvalue weighted by molar-refractivity contribution is -0.138. The van der Waals surface area contributed by atoms with Crippen molar-refractivity contribution in [1.82, 2.24) is 15.1 Å². The molecule has 2 N–H and O–H groups in total. The van der Waals surface area contributed by atoms with E-state index in [1.165, 1.54) is 4.90 Å². The molecule has 2 aromatic rings. The Bertz CT molecular complexity index is 1020. The predicted octanol–water partition coefficient (Wildman–Crippen LogP) is 3.13. The molecule has 8 nitrogen and oxygen atoms in total. The molecule has 2 aromatic carbocycles. The lowest BCUT2D eigenvalue weighted by Crippen LogP contribution is -2.59. The van der Waals surface area contributed by atoms with Gasteiger partial charge in [0.2, 0.25) is 11.8 Å². The first-order chi connectivity index (χ1) is 17.0. The summed E-state index contributed by atoms with van der Waals surface area (Å²) in [5.74, 6) is -0.661. The first-order valence-corrected chi connectivity index (χ1v) is 12.3. The minimum Gasteiger partial charge on any atom is -0.444 e. The van der Waals surface area contributed by atoms with Crippen LogP contribution in [0.5, 0.6) is 0 Å². The number of aliphatic hydroxyl groups is 1. The SMILES string of the molecule is CN(Cc1ccccc1)C(=O)[C@H](Cc1ccccc1)NC(=O)[C@@H]1CC[C@@H](O)CN1C(=O)OC(C)(C)C. The normalized spacial score (nSPS) is 18.8. The van der Waals surface area contributed by atoms with Gasteiger partial charge in [0.1, 0.15) is 17.7 Å². The van der Waals surface area contributed by atoms with Gasteiger partial charge >= 0.3 is 6.09 Å². The standard InChI is InChI=1S/C28H37N3O5/c1-28(2,3)36-27(35)31-19-22(32)15-16-24(31)25(33)29-23(17-20-11-7-5-8-12-20)26(34)30(4)18-21-13-9-6-10-14-21/h5-14,22-24,32H,15-19H2,1-4H3,(H,29,33)/t22-,23+,24+/m1/s1. The molecule has 1 saturated heterocycles. The van der Waals surface area contributed by atoms with Crippen LogP contribution >= 0.6 is 0 Å². The average molecular weight is 496 g/mol. The van der Waals surface area contributed by atoms with Crippen molar-refractivity contribution >= 4 is 17.9 Å². The van der Waals surface area contributed by atoms with Crippen molar-refractivity contribution in [3.05, 3.63) is 71.8 Å². The summed E-state index contributed by atoms with van der Waals surface area (Å²) in [6.07, 6.45) is -0.429. The van der Waals surface area contributed by atoms with Crippen molar-refractivity contribution in [3.63, 3.8) is 0 Å². The number of piperidine rings is 1. The number of likely N-dealkylation sites (tertiary alicyclic amines) is 1. The highest BCUT2D eigenvalue weighted by atomic mass is 16.6. The molecule has 36 heavy (non-hydrogen) atoms. The molecule has 0 bridgehead atoms. The molecule has 0 aromatic heterocycles. The number of amides is 3. The average Bonchev–Trinajstić information content (AvgIpc) is 2.83. The number of hydrogen-bond acceptors (Lipinski definition) is 5. The second kappa shape index (κ2) is 12.0. The first kappa shape index (κ1) is 27.2. The number of nitrogens with one attached hydrogen (secondary N) is 1. The molecule has 1 heterocycles. The van der Waals surface area contributed by atoms with E-state index in [0.29, 0.717) is 19.4 Å². The fourth-order valence-electron chi connectivity index (χ4n) is 4.27. The van der Waals surface area contributed by atoms with Crippen LogP contribution in [0.4, 0.5) is 4.79 Å². The lowest BCUT2D eigenvalue weighted by Gasteiger charge is -2.38. The van der Waals surface area contributed by atoms with Crippen LogP contribution < -0.4 is 5.32 Å². The van der Waals surface area contributed by atoms with Gasteiger partial charge < -0.3 is 20.1 Å². The number of nitrogens with zero attached hydrogens (tertiary/aromatic N) is 2. The Morgan fingerprint density at radius 3 is 2.19 bits per heavy atom. The maximum absolute atomic E-state index is 13.5. The van der Waals surface area contributed by atoms with Crippen LogP contribution in [-0.2, 0) is 27.3 Å². The first-order valence-electron chi connectivity index (χ1n) is 12.3. The largest absolute Gasteiger partial charge is 0.444 e. The minimum atomic E-state index is -0.839. The van der Waals surface area contributed by atoms with Gasteiger partial charge in [0, 0.05) is 20.0 Å². The Labute approximate surface area is 213 Å². The topological polar surface area (TPSA) is 99.2 Å². The third-order valence-electron chi connectivity index (χ3n) is 6.02. The Morgan fingerprint density at radius 1 is 1.03 bits per heavy atom. The number of likely N-dealkylation sites (N-methyl/N-ethyl adjacent to an activating group) is 1. The van der Waals surface area contributed by atoms with Crippen LogP contribution in [0, 0.1) is 0 Å². The molecule has 0 radical (unpaired) electrons. The minimum absolute atomic E-state index is 0.00178. The number of benzene rings is 2. The van der Waals surface area contributed by atoms with Gasteiger partial charge in [-0.3, -0.25) is 14.5 Å². The molecule has 0 spiro atoms. The monoisotopic (exact) mass is 495 g/mol. The summed E-state index contributed by atoms with van der Waals surface area (Å²) in [5, 5.41) is 13.1. The summed E-state index contributed by atoms with van der Waals surface area (Å²) in [6, 6.07) is 17.5. The third-order valence-corrected chi connectivity index (χ3v) is 6.02. The Hall–Kier alpha value is -3.39. The van der Waals surface area contributed by atoms with E-state index in [-0.39, 0.29) is 18.9 Å². The molecule has 1 fully saturated rings. The number of rotatable bonds is 7. The molecule has 3 rings (SSSR count). The van der Waals surface area contributed by atoms with Crippen LogP contribution in [0.2, 0.25) is 0 Å². The van der Waals surface area contributed by atoms with E-state index >= 15 is 0 Å². The van der Waals surface area contributed by atoms with Crippen molar-refractivity contribution < 1.29 is 24.2 Å².